The summed E-state index contributed by atoms with van der Waals surface area (Å²) in [4.78, 5) is 7.97. The van der Waals surface area contributed by atoms with Gasteiger partial charge in [-0.25, -0.2) is 4.85 Å². The maximum atomic E-state index is 7.39. The third-order valence-corrected chi connectivity index (χ3v) is 4.45. The van der Waals surface area contributed by atoms with Crippen LogP contribution in [-0.2, 0) is 0 Å². The molecule has 2 aromatic carbocycles. The number of nitrogens with zero attached hydrogens (tertiary/aromatic N) is 3. The molecule has 0 unspecified atom stereocenters. The minimum Gasteiger partial charge on any atom is -0.502 e. The van der Waals surface area contributed by atoms with E-state index >= 15 is 0 Å². The molecular weight excluding hydrogens is 404 g/mol. The molecule has 0 aliphatic heterocycles. The standard InChI is InChI=1S/C22H23ClN4O3/c1-14(2)29-20-9-6-15(12-19(20)25-4)22-26-21(27-30-22)17-8-7-16(13-18(17)23)28-11-5-10-24-3/h6-9,12-14,24H,5,10-11H2,1-3H3. The van der Waals surface area contributed by atoms with Crippen molar-refractivity contribution in [3.05, 3.63) is 52.8 Å². The van der Waals surface area contributed by atoms with E-state index in [1.54, 1.807) is 30.3 Å². The van der Waals surface area contributed by atoms with Crippen molar-refractivity contribution in [3.63, 3.8) is 0 Å². The molecule has 0 saturated carbocycles. The van der Waals surface area contributed by atoms with Crippen LogP contribution >= 0.6 is 11.6 Å². The second-order valence-electron chi connectivity index (χ2n) is 6.83. The zero-order valence-electron chi connectivity index (χ0n) is 17.1. The summed E-state index contributed by atoms with van der Waals surface area (Å²) in [6.45, 7) is 12.7. The molecule has 0 aliphatic rings. The van der Waals surface area contributed by atoms with Gasteiger partial charge in [0.1, 0.15) is 11.5 Å². The number of rotatable bonds is 9. The van der Waals surface area contributed by atoms with Gasteiger partial charge in [-0.2, -0.15) is 4.98 Å². The summed E-state index contributed by atoms with van der Waals surface area (Å²) in [5, 5.41) is 7.58. The highest BCUT2D eigenvalue weighted by molar-refractivity contribution is 6.33. The van der Waals surface area contributed by atoms with E-state index in [-0.39, 0.29) is 6.10 Å². The zero-order chi connectivity index (χ0) is 21.5. The van der Waals surface area contributed by atoms with Crippen molar-refractivity contribution >= 4 is 17.3 Å². The van der Waals surface area contributed by atoms with Gasteiger partial charge in [0.2, 0.25) is 11.5 Å². The van der Waals surface area contributed by atoms with Crippen LogP contribution in [0.4, 0.5) is 5.69 Å². The molecule has 1 aromatic heterocycles. The first-order chi connectivity index (χ1) is 14.5. The minimum atomic E-state index is -0.0243. The molecule has 0 bridgehead atoms. The largest absolute Gasteiger partial charge is 0.502 e. The number of hydrogen-bond donors (Lipinski definition) is 1. The molecule has 0 atom stereocenters. The van der Waals surface area contributed by atoms with E-state index in [0.717, 1.165) is 13.0 Å². The minimum absolute atomic E-state index is 0.0243. The fourth-order valence-corrected chi connectivity index (χ4v) is 3.00. The van der Waals surface area contributed by atoms with Crippen molar-refractivity contribution in [2.24, 2.45) is 0 Å². The van der Waals surface area contributed by atoms with Crippen molar-refractivity contribution in [3.8, 4) is 34.3 Å². The van der Waals surface area contributed by atoms with Gasteiger partial charge in [-0.05, 0) is 70.3 Å². The Kier molecular flexibility index (Phi) is 7.28. The molecule has 30 heavy (non-hydrogen) atoms. The van der Waals surface area contributed by atoms with Gasteiger partial charge in [0, 0.05) is 11.1 Å². The summed E-state index contributed by atoms with van der Waals surface area (Å²) < 4.78 is 16.7. The van der Waals surface area contributed by atoms with E-state index in [1.165, 1.54) is 0 Å². The van der Waals surface area contributed by atoms with E-state index in [9.17, 15) is 0 Å². The van der Waals surface area contributed by atoms with Crippen LogP contribution in [0.1, 0.15) is 20.3 Å². The third kappa shape index (κ3) is 5.29. The lowest BCUT2D eigenvalue weighted by Gasteiger charge is -2.11. The van der Waals surface area contributed by atoms with Gasteiger partial charge in [-0.1, -0.05) is 16.8 Å². The molecule has 0 spiro atoms. The first kappa shape index (κ1) is 21.6. The van der Waals surface area contributed by atoms with Crippen molar-refractivity contribution in [1.82, 2.24) is 15.5 Å². The van der Waals surface area contributed by atoms with Crippen LogP contribution in [0.2, 0.25) is 5.02 Å². The Bertz CT molecular complexity index is 1040. The summed E-state index contributed by atoms with van der Waals surface area (Å²) in [7, 11) is 1.90. The van der Waals surface area contributed by atoms with Gasteiger partial charge in [0.05, 0.1) is 24.3 Å². The Balaban J connectivity index is 1.79. The lowest BCUT2D eigenvalue weighted by atomic mass is 10.1. The summed E-state index contributed by atoms with van der Waals surface area (Å²) in [6, 6.07) is 10.6. The first-order valence-electron chi connectivity index (χ1n) is 9.61. The Morgan fingerprint density at radius 2 is 2.07 bits per heavy atom. The van der Waals surface area contributed by atoms with Crippen molar-refractivity contribution in [2.75, 3.05) is 20.2 Å². The molecule has 0 amide bonds. The van der Waals surface area contributed by atoms with Gasteiger partial charge in [-0.15, -0.1) is 0 Å². The Morgan fingerprint density at radius 3 is 2.77 bits per heavy atom. The Morgan fingerprint density at radius 1 is 1.23 bits per heavy atom. The van der Waals surface area contributed by atoms with Crippen molar-refractivity contribution in [1.29, 1.82) is 0 Å². The molecule has 1 N–H and O–H groups in total. The first-order valence-corrected chi connectivity index (χ1v) is 9.99. The number of halogens is 1. The summed E-state index contributed by atoms with van der Waals surface area (Å²) in [5.74, 6) is 1.88. The summed E-state index contributed by atoms with van der Waals surface area (Å²) in [5.41, 5.74) is 1.66. The third-order valence-electron chi connectivity index (χ3n) is 4.14. The van der Waals surface area contributed by atoms with Crippen LogP contribution in [0, 0.1) is 6.57 Å². The highest BCUT2D eigenvalue weighted by atomic mass is 35.5. The molecule has 156 valence electrons. The maximum Gasteiger partial charge on any atom is 0.256 e. The SMILES string of the molecule is [C-]#[N+]c1cc(-c2nc(-c3ccc(OCCCNC)cc3Cl)no2)ccc1OC(C)C. The fraction of sp³-hybridized carbons (Fsp3) is 0.318. The van der Waals surface area contributed by atoms with Crippen LogP contribution in [0.25, 0.3) is 27.7 Å². The van der Waals surface area contributed by atoms with Crippen LogP contribution in [0.3, 0.4) is 0 Å². The predicted octanol–water partition coefficient (Wildman–Crippen LogP) is 5.38. The number of hydrogen-bond acceptors (Lipinski definition) is 6. The number of aromatic nitrogens is 2. The second-order valence-corrected chi connectivity index (χ2v) is 7.24. The molecule has 8 heteroatoms. The molecule has 0 aliphatic carbocycles. The van der Waals surface area contributed by atoms with Gasteiger partial charge in [-0.3, -0.25) is 0 Å². The topological polar surface area (TPSA) is 73.8 Å². The quantitative estimate of drug-likeness (QED) is 0.365. The van der Waals surface area contributed by atoms with E-state index in [0.29, 0.717) is 51.7 Å². The lowest BCUT2D eigenvalue weighted by molar-refractivity contribution is 0.244. The second kappa shape index (κ2) is 10.1. The van der Waals surface area contributed by atoms with E-state index in [4.69, 9.17) is 32.2 Å². The smallest absolute Gasteiger partial charge is 0.256 e. The lowest BCUT2D eigenvalue weighted by Crippen LogP contribution is -2.11. The molecule has 0 saturated heterocycles. The van der Waals surface area contributed by atoms with Gasteiger partial charge in [0.15, 0.2) is 0 Å². The van der Waals surface area contributed by atoms with Crippen LogP contribution < -0.4 is 14.8 Å². The van der Waals surface area contributed by atoms with E-state index in [2.05, 4.69) is 20.3 Å². The van der Waals surface area contributed by atoms with Crippen LogP contribution in [0.5, 0.6) is 11.5 Å². The monoisotopic (exact) mass is 426 g/mol. The normalized spacial score (nSPS) is 10.8. The molecular formula is C22H23ClN4O3. The Hall–Kier alpha value is -3.08. The average molecular weight is 427 g/mol. The molecule has 0 fully saturated rings. The maximum absolute atomic E-state index is 7.39. The van der Waals surface area contributed by atoms with Gasteiger partial charge in [0.25, 0.3) is 5.89 Å². The van der Waals surface area contributed by atoms with Crippen LogP contribution in [-0.4, -0.2) is 36.4 Å². The zero-order valence-corrected chi connectivity index (χ0v) is 17.9. The fourth-order valence-electron chi connectivity index (χ4n) is 2.75. The van der Waals surface area contributed by atoms with E-state index < -0.39 is 0 Å². The highest BCUT2D eigenvalue weighted by Gasteiger charge is 2.16. The Labute approximate surface area is 180 Å². The predicted molar refractivity (Wildman–Crippen MR) is 116 cm³/mol. The number of nitrogens with one attached hydrogen (secondary N) is 1. The number of benzene rings is 2. The highest BCUT2D eigenvalue weighted by Crippen LogP contribution is 2.35. The van der Waals surface area contributed by atoms with Crippen molar-refractivity contribution in [2.45, 2.75) is 26.4 Å². The van der Waals surface area contributed by atoms with Crippen LogP contribution in [0.15, 0.2) is 40.9 Å². The molecule has 1 heterocycles. The number of ether oxygens (including phenoxy) is 2. The molecule has 0 radical (unpaired) electrons. The average Bonchev–Trinajstić information content (AvgIpc) is 3.21. The van der Waals surface area contributed by atoms with Crippen molar-refractivity contribution < 1.29 is 14.0 Å². The summed E-state index contributed by atoms with van der Waals surface area (Å²) >= 11 is 6.41. The van der Waals surface area contributed by atoms with Gasteiger partial charge >= 0.3 is 0 Å². The molecule has 3 aromatic rings. The molecule has 3 rings (SSSR count). The van der Waals surface area contributed by atoms with E-state index in [1.807, 2.05) is 27.0 Å². The van der Waals surface area contributed by atoms with Gasteiger partial charge < -0.3 is 19.3 Å². The summed E-state index contributed by atoms with van der Waals surface area (Å²) in [6.07, 6.45) is 0.876. The molecule has 7 nitrogen and oxygen atoms in total.